The molecule has 278 valence electrons. The van der Waals surface area contributed by atoms with Crippen LogP contribution in [0.1, 0.15) is 52.3 Å². The summed E-state index contributed by atoms with van der Waals surface area (Å²) in [5, 5.41) is 7.31. The first-order chi connectivity index (χ1) is 25.5. The Balaban J connectivity index is 1.24. The lowest BCUT2D eigenvalue weighted by Gasteiger charge is -2.57. The monoisotopic (exact) mass is 727 g/mol. The third kappa shape index (κ3) is 5.21. The van der Waals surface area contributed by atoms with Crippen LogP contribution in [0.5, 0.6) is 0 Å². The smallest absolute Gasteiger partial charge is 0.337 e. The van der Waals surface area contributed by atoms with Crippen molar-refractivity contribution in [1.29, 1.82) is 0 Å². The van der Waals surface area contributed by atoms with Crippen molar-refractivity contribution in [2.75, 3.05) is 37.4 Å². The largest absolute Gasteiger partial charge is 0.466 e. The zero-order valence-corrected chi connectivity index (χ0v) is 30.0. The number of para-hydroxylation sites is 1. The van der Waals surface area contributed by atoms with E-state index in [2.05, 4.69) is 62.8 Å². The summed E-state index contributed by atoms with van der Waals surface area (Å²) in [6, 6.07) is 7.68. The molecule has 16 heteroatoms. The number of hydrogen-bond donors (Lipinski definition) is 2. The summed E-state index contributed by atoms with van der Waals surface area (Å²) in [6.07, 6.45) is 4.54. The highest BCUT2D eigenvalue weighted by Crippen LogP contribution is 2.64. The fourth-order valence-electron chi connectivity index (χ4n) is 9.52. The maximum atomic E-state index is 14.1. The number of nitrogens with zero attached hydrogens (tertiary/aromatic N) is 5. The second-order valence-electron chi connectivity index (χ2n) is 14.1. The quantitative estimate of drug-likeness (QED) is 0.186. The summed E-state index contributed by atoms with van der Waals surface area (Å²) >= 11 is 0. The van der Waals surface area contributed by atoms with Gasteiger partial charge in [-0.05, 0) is 24.5 Å². The Bertz CT molecular complexity index is 2080. The van der Waals surface area contributed by atoms with Crippen LogP contribution in [0.15, 0.2) is 60.3 Å². The van der Waals surface area contributed by atoms with Gasteiger partial charge < -0.3 is 34.3 Å². The molecule has 1 aliphatic carbocycles. The van der Waals surface area contributed by atoms with Crippen molar-refractivity contribution < 1.29 is 42.9 Å². The van der Waals surface area contributed by atoms with E-state index in [-0.39, 0.29) is 12.6 Å². The number of anilines is 2. The van der Waals surface area contributed by atoms with E-state index in [1.165, 1.54) is 46.1 Å². The summed E-state index contributed by atoms with van der Waals surface area (Å²) in [5.41, 5.74) is 3.13. The Morgan fingerprint density at radius 2 is 1.81 bits per heavy atom. The molecule has 4 aliphatic heterocycles. The summed E-state index contributed by atoms with van der Waals surface area (Å²) in [4.78, 5) is 66.7. The van der Waals surface area contributed by atoms with E-state index in [1.54, 1.807) is 4.57 Å². The molecule has 53 heavy (non-hydrogen) atoms. The van der Waals surface area contributed by atoms with E-state index < -0.39 is 65.3 Å². The van der Waals surface area contributed by atoms with Gasteiger partial charge in [0.15, 0.2) is 35.4 Å². The zero-order chi connectivity index (χ0) is 37.2. The third-order valence-corrected chi connectivity index (χ3v) is 11.4. The Morgan fingerprint density at radius 3 is 2.55 bits per heavy atom. The topological polar surface area (TPSA) is 185 Å². The first-order valence-electron chi connectivity index (χ1n) is 17.7. The van der Waals surface area contributed by atoms with Crippen molar-refractivity contribution in [3.05, 3.63) is 65.9 Å². The molecular weight excluding hydrogens is 686 g/mol. The first kappa shape index (κ1) is 34.7. The highest BCUT2D eigenvalue weighted by atomic mass is 16.7. The SMILES string of the molecule is CCC12C=CCN3CCC4(C(=C(C(=O)OC)C1Nc1ncnc5c1ncn5[C@H]1O[C@@H](COC(C)=O)[C@H](OC(C)=O)[C@@H]1OC(C)=O)Nc1ccccc14)C32. The van der Waals surface area contributed by atoms with Gasteiger partial charge in [-0.2, -0.15) is 0 Å². The fraction of sp³-hybridized carbons (Fsp3) is 0.486. The number of carbonyl (C=O) groups is 4. The van der Waals surface area contributed by atoms with Crippen LogP contribution in [-0.2, 0) is 48.3 Å². The van der Waals surface area contributed by atoms with Gasteiger partial charge in [0, 0.05) is 56.7 Å². The van der Waals surface area contributed by atoms with Crippen molar-refractivity contribution in [2.45, 2.75) is 82.6 Å². The van der Waals surface area contributed by atoms with Crippen molar-refractivity contribution in [1.82, 2.24) is 24.4 Å². The van der Waals surface area contributed by atoms with Gasteiger partial charge in [-0.25, -0.2) is 19.7 Å². The molecular formula is C37H41N7O9. The van der Waals surface area contributed by atoms with Gasteiger partial charge in [-0.15, -0.1) is 0 Å². The van der Waals surface area contributed by atoms with Crippen LogP contribution in [0.3, 0.4) is 0 Å². The molecule has 6 heterocycles. The van der Waals surface area contributed by atoms with E-state index in [0.717, 1.165) is 30.9 Å². The highest BCUT2D eigenvalue weighted by Gasteiger charge is 2.68. The second kappa shape index (κ2) is 12.9. The second-order valence-corrected chi connectivity index (χ2v) is 14.1. The average molecular weight is 728 g/mol. The van der Waals surface area contributed by atoms with E-state index in [1.807, 2.05) is 6.07 Å². The predicted octanol–water partition coefficient (Wildman–Crippen LogP) is 2.78. The molecule has 8 rings (SSSR count). The average Bonchev–Trinajstić information content (AvgIpc) is 3.91. The molecule has 0 bridgehead atoms. The number of methoxy groups -OCH3 is 1. The third-order valence-electron chi connectivity index (χ3n) is 11.4. The summed E-state index contributed by atoms with van der Waals surface area (Å²) < 4.78 is 29.8. The molecule has 4 unspecified atom stereocenters. The molecule has 1 aromatic carbocycles. The van der Waals surface area contributed by atoms with E-state index in [0.29, 0.717) is 29.0 Å². The minimum Gasteiger partial charge on any atom is -0.466 e. The Hall–Kier alpha value is -5.35. The van der Waals surface area contributed by atoms with Crippen molar-refractivity contribution >= 4 is 46.5 Å². The molecule has 1 spiro atoms. The van der Waals surface area contributed by atoms with Crippen molar-refractivity contribution in [2.24, 2.45) is 5.41 Å². The Morgan fingerprint density at radius 1 is 1.04 bits per heavy atom. The van der Waals surface area contributed by atoms with Crippen molar-refractivity contribution in [3.63, 3.8) is 0 Å². The normalized spacial score (nSPS) is 31.0. The number of carbonyl (C=O) groups excluding carboxylic acids is 4. The number of nitrogens with one attached hydrogen (secondary N) is 2. The number of fused-ring (bicyclic) bond motifs is 2. The van der Waals surface area contributed by atoms with Crippen molar-refractivity contribution in [3.8, 4) is 0 Å². The predicted molar refractivity (Wildman–Crippen MR) is 187 cm³/mol. The summed E-state index contributed by atoms with van der Waals surface area (Å²) in [7, 11) is 1.40. The van der Waals surface area contributed by atoms with Crippen LogP contribution in [0.25, 0.3) is 11.2 Å². The molecule has 0 radical (unpaired) electrons. The van der Waals surface area contributed by atoms with Crippen LogP contribution in [0, 0.1) is 5.41 Å². The van der Waals surface area contributed by atoms with Gasteiger partial charge >= 0.3 is 23.9 Å². The number of rotatable bonds is 9. The van der Waals surface area contributed by atoms with Crippen LogP contribution >= 0.6 is 0 Å². The Labute approximate surface area is 304 Å². The molecule has 5 aliphatic rings. The number of imidazole rings is 1. The molecule has 8 atom stereocenters. The molecule has 2 saturated heterocycles. The van der Waals surface area contributed by atoms with Gasteiger partial charge in [0.2, 0.25) is 0 Å². The number of benzene rings is 1. The van der Waals surface area contributed by atoms with Crippen LogP contribution in [0.2, 0.25) is 0 Å². The van der Waals surface area contributed by atoms with Crippen LogP contribution in [-0.4, -0.2) is 105 Å². The number of esters is 4. The van der Waals surface area contributed by atoms with E-state index in [9.17, 15) is 19.2 Å². The van der Waals surface area contributed by atoms with Gasteiger partial charge in [0.25, 0.3) is 0 Å². The number of ether oxygens (including phenoxy) is 5. The molecule has 3 aromatic rings. The van der Waals surface area contributed by atoms with Gasteiger partial charge in [0.1, 0.15) is 19.0 Å². The first-order valence-corrected chi connectivity index (χ1v) is 17.7. The van der Waals surface area contributed by atoms with Gasteiger partial charge in [-0.3, -0.25) is 23.9 Å². The zero-order valence-electron chi connectivity index (χ0n) is 30.0. The van der Waals surface area contributed by atoms with E-state index >= 15 is 0 Å². The molecule has 2 fully saturated rings. The Kier molecular flexibility index (Phi) is 8.48. The lowest BCUT2D eigenvalue weighted by Crippen LogP contribution is -2.65. The minimum atomic E-state index is -1.14. The lowest BCUT2D eigenvalue weighted by atomic mass is 9.53. The molecule has 0 amide bonds. The highest BCUT2D eigenvalue weighted by molar-refractivity contribution is 5.96. The molecule has 16 nitrogen and oxygen atoms in total. The fourth-order valence-corrected chi connectivity index (χ4v) is 9.52. The summed E-state index contributed by atoms with van der Waals surface area (Å²) in [6.45, 7) is 7.24. The van der Waals surface area contributed by atoms with Crippen LogP contribution < -0.4 is 10.6 Å². The maximum Gasteiger partial charge on any atom is 0.337 e. The standard InChI is InChI=1S/C37H41N7O9/c1-6-36-12-9-14-43-15-13-37(35(36)43)22-10-7-8-11-23(22)41-30(37)25(34(48)49-5)29(36)42-31-26-32(39-17-38-31)44(18-40-26)33-28(52-21(4)47)27(51-20(3)46)24(53-33)16-50-19(2)45/h7-12,17-18,24,27-29,33,35,41H,6,13-16H2,1-5H3,(H,38,39,42)/t24-,27-,28-,29?,33-,35?,36?,37?/m0/s1. The molecule has 0 saturated carbocycles. The number of aromatic nitrogens is 4. The maximum absolute atomic E-state index is 14.1. The molecule has 2 aromatic heterocycles. The van der Waals surface area contributed by atoms with Gasteiger partial charge in [-0.1, -0.05) is 37.3 Å². The van der Waals surface area contributed by atoms with E-state index in [4.69, 9.17) is 28.7 Å². The van der Waals surface area contributed by atoms with Gasteiger partial charge in [0.05, 0.1) is 30.5 Å². The van der Waals surface area contributed by atoms with Crippen LogP contribution in [0.4, 0.5) is 11.5 Å². The lowest BCUT2D eigenvalue weighted by molar-refractivity contribution is -0.166. The minimum absolute atomic E-state index is 0.0145. The summed E-state index contributed by atoms with van der Waals surface area (Å²) in [5.74, 6) is -1.93. The number of hydrogen-bond acceptors (Lipinski definition) is 15. The molecule has 2 N–H and O–H groups in total.